The summed E-state index contributed by atoms with van der Waals surface area (Å²) >= 11 is 1.62. The lowest BCUT2D eigenvalue weighted by molar-refractivity contribution is -0.111. The summed E-state index contributed by atoms with van der Waals surface area (Å²) in [5, 5.41) is 9.46. The molecule has 0 unspecified atom stereocenters. The number of aromatic nitrogens is 3. The van der Waals surface area contributed by atoms with Crippen molar-refractivity contribution in [1.29, 1.82) is 0 Å². The summed E-state index contributed by atoms with van der Waals surface area (Å²) in [5.41, 5.74) is 5.96. The number of hydrogen-bond donors (Lipinski definition) is 2. The van der Waals surface area contributed by atoms with Gasteiger partial charge in [-0.05, 0) is 43.8 Å². The molecule has 2 aromatic carbocycles. The zero-order chi connectivity index (χ0) is 28.4. The fourth-order valence-corrected chi connectivity index (χ4v) is 5.49. The number of likely N-dealkylation sites (N-methyl/N-ethyl adjacent to an activating group) is 2. The van der Waals surface area contributed by atoms with E-state index in [4.69, 9.17) is 14.7 Å². The highest BCUT2D eigenvalue weighted by atomic mass is 32.1. The summed E-state index contributed by atoms with van der Waals surface area (Å²) in [5.74, 6) is 0.735. The molecular formula is C30H33N7O2S. The second kappa shape index (κ2) is 11.4. The number of fused-ring (bicyclic) bond motifs is 2. The molecular weight excluding hydrogens is 522 g/mol. The van der Waals surface area contributed by atoms with Crippen LogP contribution in [0.5, 0.6) is 5.75 Å². The van der Waals surface area contributed by atoms with Gasteiger partial charge in [-0.3, -0.25) is 4.79 Å². The number of nitrogens with one attached hydrogen (secondary N) is 2. The molecule has 206 valence electrons. The molecule has 3 heterocycles. The van der Waals surface area contributed by atoms with E-state index in [9.17, 15) is 4.79 Å². The molecule has 1 amide bonds. The number of nitrogens with zero attached hydrogens (tertiary/aromatic N) is 5. The standard InChI is InChI=1S/C30H33N7O2S/c1-7-27(38)31-22-16-23(26(39-6)17-25(22)36(4)14-13-35(2)3)33-30-32-21-12-15-40-29(21)28(34-30)20-18-37(5)24-11-9-8-10-19(20)24/h7-12,15-18H,1,13-14H2,2-6H3,(H,31,38)(H,32,33,34). The zero-order valence-electron chi connectivity index (χ0n) is 23.4. The SMILES string of the molecule is C=CC(=O)Nc1cc(Nc2nc(-c3cn(C)c4ccccc34)c3sccc3n2)c(OC)cc1N(C)CCN(C)C. The van der Waals surface area contributed by atoms with Crippen LogP contribution in [0.25, 0.3) is 32.4 Å². The molecule has 0 fully saturated rings. The van der Waals surface area contributed by atoms with Gasteiger partial charge >= 0.3 is 0 Å². The zero-order valence-corrected chi connectivity index (χ0v) is 24.2. The van der Waals surface area contributed by atoms with Crippen LogP contribution in [0.2, 0.25) is 0 Å². The summed E-state index contributed by atoms with van der Waals surface area (Å²) in [6.07, 6.45) is 3.36. The number of rotatable bonds is 10. The number of methoxy groups -OCH3 is 1. The lowest BCUT2D eigenvalue weighted by Gasteiger charge is -2.26. The smallest absolute Gasteiger partial charge is 0.247 e. The van der Waals surface area contributed by atoms with Crippen LogP contribution in [0.3, 0.4) is 0 Å². The first-order valence-electron chi connectivity index (χ1n) is 12.9. The van der Waals surface area contributed by atoms with E-state index in [1.165, 1.54) is 6.08 Å². The van der Waals surface area contributed by atoms with Gasteiger partial charge in [0.1, 0.15) is 5.75 Å². The summed E-state index contributed by atoms with van der Waals surface area (Å²) in [7, 11) is 9.70. The van der Waals surface area contributed by atoms with Crippen molar-refractivity contribution in [3.05, 3.63) is 66.7 Å². The Balaban J connectivity index is 1.59. The summed E-state index contributed by atoms with van der Waals surface area (Å²) in [6.45, 7) is 5.21. The maximum Gasteiger partial charge on any atom is 0.247 e. The fourth-order valence-electron chi connectivity index (χ4n) is 4.66. The molecule has 0 aliphatic rings. The Kier molecular flexibility index (Phi) is 7.72. The first kappa shape index (κ1) is 27.2. The van der Waals surface area contributed by atoms with Crippen LogP contribution in [0.1, 0.15) is 0 Å². The van der Waals surface area contributed by atoms with Crippen molar-refractivity contribution in [2.45, 2.75) is 0 Å². The number of ether oxygens (including phenoxy) is 1. The van der Waals surface area contributed by atoms with Crippen LogP contribution in [-0.2, 0) is 11.8 Å². The van der Waals surface area contributed by atoms with Crippen LogP contribution in [0.4, 0.5) is 23.0 Å². The van der Waals surface area contributed by atoms with Gasteiger partial charge in [0.15, 0.2) is 0 Å². The second-order valence-electron chi connectivity index (χ2n) is 9.81. The van der Waals surface area contributed by atoms with Crippen molar-refractivity contribution in [3.8, 4) is 17.0 Å². The first-order valence-corrected chi connectivity index (χ1v) is 13.7. The Labute approximate surface area is 237 Å². The first-order chi connectivity index (χ1) is 19.3. The minimum absolute atomic E-state index is 0.299. The summed E-state index contributed by atoms with van der Waals surface area (Å²) < 4.78 is 8.91. The van der Waals surface area contributed by atoms with Gasteiger partial charge < -0.3 is 29.7 Å². The van der Waals surface area contributed by atoms with Gasteiger partial charge in [-0.2, -0.15) is 0 Å². The van der Waals surface area contributed by atoms with E-state index in [1.54, 1.807) is 18.4 Å². The molecule has 0 atom stereocenters. The molecule has 3 aromatic heterocycles. The third kappa shape index (κ3) is 5.36. The van der Waals surface area contributed by atoms with Crippen molar-refractivity contribution < 1.29 is 9.53 Å². The highest BCUT2D eigenvalue weighted by molar-refractivity contribution is 7.17. The Morgan fingerprint density at radius 3 is 2.67 bits per heavy atom. The third-order valence-corrected chi connectivity index (χ3v) is 7.67. The van der Waals surface area contributed by atoms with Crippen molar-refractivity contribution in [3.63, 3.8) is 0 Å². The van der Waals surface area contributed by atoms with E-state index < -0.39 is 0 Å². The number of amides is 1. The third-order valence-electron chi connectivity index (χ3n) is 6.76. The van der Waals surface area contributed by atoms with Gasteiger partial charge in [-0.25, -0.2) is 9.97 Å². The van der Waals surface area contributed by atoms with Crippen LogP contribution in [0.15, 0.2) is 66.7 Å². The number of thiophene rings is 1. The number of benzene rings is 2. The molecule has 5 aromatic rings. The lowest BCUT2D eigenvalue weighted by atomic mass is 10.1. The predicted molar refractivity (Wildman–Crippen MR) is 166 cm³/mol. The molecule has 0 spiro atoms. The normalized spacial score (nSPS) is 11.2. The topological polar surface area (TPSA) is 87.5 Å². The van der Waals surface area contributed by atoms with Crippen LogP contribution < -0.4 is 20.3 Å². The molecule has 2 N–H and O–H groups in total. The molecule has 0 aliphatic heterocycles. The van der Waals surface area contributed by atoms with Crippen molar-refractivity contribution in [1.82, 2.24) is 19.4 Å². The van der Waals surface area contributed by atoms with Crippen LogP contribution >= 0.6 is 11.3 Å². The quantitative estimate of drug-likeness (QED) is 0.213. The van der Waals surface area contributed by atoms with Gasteiger partial charge in [0.2, 0.25) is 11.9 Å². The molecule has 9 nitrogen and oxygen atoms in total. The Morgan fingerprint density at radius 1 is 1.12 bits per heavy atom. The lowest BCUT2D eigenvalue weighted by Crippen LogP contribution is -2.29. The molecule has 0 radical (unpaired) electrons. The van der Waals surface area contributed by atoms with Gasteiger partial charge in [0.25, 0.3) is 0 Å². The Morgan fingerprint density at radius 2 is 1.93 bits per heavy atom. The Bertz CT molecular complexity index is 1710. The minimum atomic E-state index is -0.299. The number of carbonyl (C=O) groups excluding carboxylic acids is 1. The van der Waals surface area contributed by atoms with Crippen LogP contribution in [0, 0.1) is 0 Å². The predicted octanol–water partition coefficient (Wildman–Crippen LogP) is 5.72. The molecule has 10 heteroatoms. The number of carbonyl (C=O) groups is 1. The highest BCUT2D eigenvalue weighted by Crippen LogP contribution is 2.40. The van der Waals surface area contributed by atoms with Gasteiger partial charge in [0.05, 0.1) is 40.1 Å². The molecule has 40 heavy (non-hydrogen) atoms. The Hall–Kier alpha value is -4.41. The molecule has 0 bridgehead atoms. The van der Waals surface area contributed by atoms with E-state index in [0.29, 0.717) is 23.1 Å². The van der Waals surface area contributed by atoms with E-state index >= 15 is 0 Å². The molecule has 0 aliphatic carbocycles. The number of para-hydroxylation sites is 1. The monoisotopic (exact) mass is 555 g/mol. The second-order valence-corrected chi connectivity index (χ2v) is 10.7. The van der Waals surface area contributed by atoms with E-state index in [0.717, 1.165) is 51.2 Å². The molecule has 0 saturated heterocycles. The largest absolute Gasteiger partial charge is 0.494 e. The molecule has 0 saturated carbocycles. The minimum Gasteiger partial charge on any atom is -0.494 e. The number of hydrogen-bond acceptors (Lipinski definition) is 8. The fraction of sp³-hybridized carbons (Fsp3) is 0.233. The highest BCUT2D eigenvalue weighted by Gasteiger charge is 2.19. The van der Waals surface area contributed by atoms with Gasteiger partial charge in [-0.1, -0.05) is 24.8 Å². The van der Waals surface area contributed by atoms with Gasteiger partial charge in [0, 0.05) is 55.9 Å². The average molecular weight is 556 g/mol. The number of aryl methyl sites for hydroxylation is 1. The van der Waals surface area contributed by atoms with Crippen molar-refractivity contribution >= 4 is 61.4 Å². The van der Waals surface area contributed by atoms with Crippen molar-refractivity contribution in [2.24, 2.45) is 7.05 Å². The van der Waals surface area contributed by atoms with E-state index in [1.807, 2.05) is 63.9 Å². The number of anilines is 4. The maximum absolute atomic E-state index is 12.3. The van der Waals surface area contributed by atoms with E-state index in [2.05, 4.69) is 49.9 Å². The summed E-state index contributed by atoms with van der Waals surface area (Å²) in [6, 6.07) is 14.0. The molecule has 5 rings (SSSR count). The van der Waals surface area contributed by atoms with Crippen molar-refractivity contribution in [2.75, 3.05) is 56.9 Å². The maximum atomic E-state index is 12.3. The van der Waals surface area contributed by atoms with Crippen LogP contribution in [-0.4, -0.2) is 66.7 Å². The van der Waals surface area contributed by atoms with Gasteiger partial charge in [-0.15, -0.1) is 11.3 Å². The summed E-state index contributed by atoms with van der Waals surface area (Å²) in [4.78, 5) is 26.3. The van der Waals surface area contributed by atoms with E-state index in [-0.39, 0.29) is 5.91 Å². The average Bonchev–Trinajstić information content (AvgIpc) is 3.56.